The van der Waals surface area contributed by atoms with Gasteiger partial charge in [-0.2, -0.15) is 25.9 Å². The molecular formula is C10H13F3N4O2S. The maximum atomic E-state index is 12.4. The lowest BCUT2D eigenvalue weighted by Gasteiger charge is -2.29. The minimum Gasteiger partial charge on any atom is -0.241 e. The summed E-state index contributed by atoms with van der Waals surface area (Å²) in [7, 11) is -3.53. The zero-order valence-electron chi connectivity index (χ0n) is 10.4. The lowest BCUT2D eigenvalue weighted by Crippen LogP contribution is -2.48. The fourth-order valence-electron chi connectivity index (χ4n) is 1.59. The molecule has 0 spiro atoms. The highest BCUT2D eigenvalue weighted by Gasteiger charge is 2.32. The van der Waals surface area contributed by atoms with Gasteiger partial charge in [0.1, 0.15) is 11.5 Å². The van der Waals surface area contributed by atoms with Gasteiger partial charge in [0.2, 0.25) is 0 Å². The van der Waals surface area contributed by atoms with E-state index in [2.05, 4.69) is 14.7 Å². The summed E-state index contributed by atoms with van der Waals surface area (Å²) in [6.07, 6.45) is -2.71. The second-order valence-electron chi connectivity index (χ2n) is 4.26. The van der Waals surface area contributed by atoms with Gasteiger partial charge in [-0.25, -0.2) is 14.7 Å². The first-order chi connectivity index (χ1) is 9.29. The predicted molar refractivity (Wildman–Crippen MR) is 63.9 cm³/mol. The Morgan fingerprint density at radius 1 is 1.35 bits per heavy atom. The molecule has 2 heterocycles. The third-order valence-electron chi connectivity index (χ3n) is 2.78. The van der Waals surface area contributed by atoms with E-state index in [4.69, 9.17) is 0 Å². The zero-order chi connectivity index (χ0) is 14.8. The van der Waals surface area contributed by atoms with Gasteiger partial charge in [-0.1, -0.05) is 0 Å². The first-order valence-corrected chi connectivity index (χ1v) is 7.37. The molecule has 0 atom stereocenters. The number of hydrogen-bond acceptors (Lipinski definition) is 4. The SMILES string of the molecule is O=S(=O)(NCCc1nccc(C(F)(F)F)n1)N1CCC1. The number of nitrogens with one attached hydrogen (secondary N) is 1. The molecule has 0 unspecified atom stereocenters. The van der Waals surface area contributed by atoms with Crippen molar-refractivity contribution in [2.45, 2.75) is 19.0 Å². The van der Waals surface area contributed by atoms with Crippen LogP contribution in [0, 0.1) is 0 Å². The molecular weight excluding hydrogens is 297 g/mol. The Morgan fingerprint density at radius 3 is 2.60 bits per heavy atom. The van der Waals surface area contributed by atoms with Crippen LogP contribution in [0.3, 0.4) is 0 Å². The van der Waals surface area contributed by atoms with Gasteiger partial charge in [-0.15, -0.1) is 0 Å². The second-order valence-corrected chi connectivity index (χ2v) is 6.01. The molecule has 0 saturated carbocycles. The molecule has 1 fully saturated rings. The number of alkyl halides is 3. The van der Waals surface area contributed by atoms with Crippen LogP contribution in [0.4, 0.5) is 13.2 Å². The summed E-state index contributed by atoms with van der Waals surface area (Å²) in [6, 6.07) is 0.772. The summed E-state index contributed by atoms with van der Waals surface area (Å²) in [4.78, 5) is 7.05. The fourth-order valence-corrected chi connectivity index (χ4v) is 2.87. The van der Waals surface area contributed by atoms with Crippen LogP contribution in [-0.4, -0.2) is 42.3 Å². The summed E-state index contributed by atoms with van der Waals surface area (Å²) in [5.74, 6) is -0.0499. The van der Waals surface area contributed by atoms with E-state index in [-0.39, 0.29) is 18.8 Å². The Labute approximate surface area is 114 Å². The number of rotatable bonds is 5. The highest BCUT2D eigenvalue weighted by Crippen LogP contribution is 2.26. The molecule has 0 bridgehead atoms. The molecule has 10 heteroatoms. The van der Waals surface area contributed by atoms with Gasteiger partial charge in [-0.05, 0) is 12.5 Å². The van der Waals surface area contributed by atoms with Gasteiger partial charge >= 0.3 is 6.18 Å². The van der Waals surface area contributed by atoms with Crippen molar-refractivity contribution in [2.75, 3.05) is 19.6 Å². The first-order valence-electron chi connectivity index (χ1n) is 5.93. The second kappa shape index (κ2) is 5.62. The van der Waals surface area contributed by atoms with Crippen LogP contribution >= 0.6 is 0 Å². The van der Waals surface area contributed by atoms with Crippen molar-refractivity contribution in [1.82, 2.24) is 19.0 Å². The molecule has 1 aromatic heterocycles. The van der Waals surface area contributed by atoms with E-state index in [9.17, 15) is 21.6 Å². The molecule has 1 aliphatic heterocycles. The average molecular weight is 310 g/mol. The topological polar surface area (TPSA) is 75.2 Å². The third-order valence-corrected chi connectivity index (χ3v) is 4.40. The molecule has 1 N–H and O–H groups in total. The van der Waals surface area contributed by atoms with Crippen molar-refractivity contribution >= 4 is 10.2 Å². The Bertz CT molecular complexity index is 572. The van der Waals surface area contributed by atoms with Crippen LogP contribution in [-0.2, 0) is 22.8 Å². The van der Waals surface area contributed by atoms with Gasteiger partial charge in [0.05, 0.1) is 0 Å². The van der Waals surface area contributed by atoms with E-state index in [1.165, 1.54) is 4.31 Å². The monoisotopic (exact) mass is 310 g/mol. The minimum atomic E-state index is -4.53. The lowest BCUT2D eigenvalue weighted by atomic mass is 10.3. The quantitative estimate of drug-likeness (QED) is 0.863. The molecule has 6 nitrogen and oxygen atoms in total. The zero-order valence-corrected chi connectivity index (χ0v) is 11.2. The van der Waals surface area contributed by atoms with Gasteiger partial charge in [0.25, 0.3) is 10.2 Å². The molecule has 0 aliphatic carbocycles. The normalized spacial score (nSPS) is 16.9. The summed E-state index contributed by atoms with van der Waals surface area (Å²) in [5, 5.41) is 0. The van der Waals surface area contributed by atoms with Crippen LogP contribution in [0.15, 0.2) is 12.3 Å². The van der Waals surface area contributed by atoms with Crippen LogP contribution in [0.2, 0.25) is 0 Å². The molecule has 1 saturated heterocycles. The molecule has 0 aromatic carbocycles. The first kappa shape index (κ1) is 15.1. The van der Waals surface area contributed by atoms with Crippen molar-refractivity contribution < 1.29 is 21.6 Å². The van der Waals surface area contributed by atoms with Crippen LogP contribution in [0.1, 0.15) is 17.9 Å². The van der Waals surface area contributed by atoms with E-state index >= 15 is 0 Å². The van der Waals surface area contributed by atoms with Gasteiger partial charge < -0.3 is 0 Å². The van der Waals surface area contributed by atoms with Gasteiger partial charge in [0.15, 0.2) is 0 Å². The Kier molecular flexibility index (Phi) is 4.25. The molecule has 20 heavy (non-hydrogen) atoms. The smallest absolute Gasteiger partial charge is 0.241 e. The predicted octanol–water partition coefficient (Wildman–Crippen LogP) is 0.578. The Balaban J connectivity index is 1.91. The lowest BCUT2D eigenvalue weighted by molar-refractivity contribution is -0.141. The van der Waals surface area contributed by atoms with Crippen molar-refractivity contribution in [2.24, 2.45) is 0 Å². The number of hydrogen-bond donors (Lipinski definition) is 1. The van der Waals surface area contributed by atoms with E-state index in [1.807, 2.05) is 0 Å². The Morgan fingerprint density at radius 2 is 2.05 bits per heavy atom. The molecule has 1 aromatic rings. The average Bonchev–Trinajstić information content (AvgIpc) is 2.24. The van der Waals surface area contributed by atoms with Gasteiger partial charge in [-0.3, -0.25) is 0 Å². The summed E-state index contributed by atoms with van der Waals surface area (Å²) < 4.78 is 64.1. The summed E-state index contributed by atoms with van der Waals surface area (Å²) in [5.41, 5.74) is -1.03. The van der Waals surface area contributed by atoms with E-state index in [0.29, 0.717) is 13.1 Å². The molecule has 2 rings (SSSR count). The number of aromatic nitrogens is 2. The van der Waals surface area contributed by atoms with Crippen LogP contribution in [0.5, 0.6) is 0 Å². The van der Waals surface area contributed by atoms with E-state index in [1.54, 1.807) is 0 Å². The molecule has 112 valence electrons. The molecule has 0 amide bonds. The number of nitrogens with zero attached hydrogens (tertiary/aromatic N) is 3. The van der Waals surface area contributed by atoms with Crippen LogP contribution in [0.25, 0.3) is 0 Å². The van der Waals surface area contributed by atoms with Gasteiger partial charge in [0, 0.05) is 32.3 Å². The standard InChI is InChI=1S/C10H13F3N4O2S/c11-10(12,13)8-2-4-14-9(16-8)3-5-15-20(18,19)17-6-1-7-17/h2,4,15H,1,3,5-7H2. The Hall–Kier alpha value is -1.26. The maximum absolute atomic E-state index is 12.4. The summed E-state index contributed by atoms with van der Waals surface area (Å²) >= 11 is 0. The third kappa shape index (κ3) is 3.64. The highest BCUT2D eigenvalue weighted by molar-refractivity contribution is 7.87. The maximum Gasteiger partial charge on any atom is 0.433 e. The fraction of sp³-hybridized carbons (Fsp3) is 0.600. The highest BCUT2D eigenvalue weighted by atomic mass is 32.2. The summed E-state index contributed by atoms with van der Waals surface area (Å²) in [6.45, 7) is 0.894. The van der Waals surface area contributed by atoms with Crippen molar-refractivity contribution in [3.05, 3.63) is 23.8 Å². The van der Waals surface area contributed by atoms with Crippen molar-refractivity contribution in [3.8, 4) is 0 Å². The van der Waals surface area contributed by atoms with E-state index in [0.717, 1.165) is 18.7 Å². The molecule has 1 aliphatic rings. The number of halogens is 3. The van der Waals surface area contributed by atoms with Crippen molar-refractivity contribution in [1.29, 1.82) is 0 Å². The molecule has 0 radical (unpaired) electrons. The van der Waals surface area contributed by atoms with Crippen molar-refractivity contribution in [3.63, 3.8) is 0 Å². The van der Waals surface area contributed by atoms with Crippen LogP contribution < -0.4 is 4.72 Å². The van der Waals surface area contributed by atoms with E-state index < -0.39 is 22.1 Å². The largest absolute Gasteiger partial charge is 0.433 e. The minimum absolute atomic E-state index is 0.00299.